The summed E-state index contributed by atoms with van der Waals surface area (Å²) >= 11 is 0. The Labute approximate surface area is 108 Å². The molecular formula is C15H19NO2. The average molecular weight is 245 g/mol. The van der Waals surface area contributed by atoms with Crippen LogP contribution in [0, 0.1) is 5.92 Å². The molecule has 0 saturated heterocycles. The standard InChI is InChI=1S/C15H19NO2/c1-4-7-11-8-5-6-9-12(11)13-10-14(13)15(17)16(2)18-3/h4-6,8-9,13-14H,1,7,10H2,2-3H3/t13-,14+/m1/s1. The lowest BCUT2D eigenvalue weighted by molar-refractivity contribution is -0.170. The summed E-state index contributed by atoms with van der Waals surface area (Å²) in [6, 6.07) is 8.28. The van der Waals surface area contributed by atoms with Crippen LogP contribution in [0.3, 0.4) is 0 Å². The van der Waals surface area contributed by atoms with Crippen molar-refractivity contribution in [3.8, 4) is 0 Å². The van der Waals surface area contributed by atoms with Crippen LogP contribution in [0.1, 0.15) is 23.5 Å². The smallest absolute Gasteiger partial charge is 0.249 e. The quantitative estimate of drug-likeness (QED) is 0.589. The van der Waals surface area contributed by atoms with Gasteiger partial charge in [0.05, 0.1) is 7.11 Å². The van der Waals surface area contributed by atoms with Gasteiger partial charge in [-0.1, -0.05) is 30.3 Å². The third kappa shape index (κ3) is 2.46. The van der Waals surface area contributed by atoms with Gasteiger partial charge >= 0.3 is 0 Å². The van der Waals surface area contributed by atoms with Crippen molar-refractivity contribution in [2.45, 2.75) is 18.8 Å². The molecule has 1 aliphatic carbocycles. The number of hydroxylamine groups is 2. The van der Waals surface area contributed by atoms with Gasteiger partial charge in [-0.3, -0.25) is 9.63 Å². The van der Waals surface area contributed by atoms with Crippen LogP contribution in [0.15, 0.2) is 36.9 Å². The lowest BCUT2D eigenvalue weighted by Crippen LogP contribution is -2.27. The number of hydrogen-bond acceptors (Lipinski definition) is 2. The number of carbonyl (C=O) groups excluding carboxylic acids is 1. The van der Waals surface area contributed by atoms with Crippen molar-refractivity contribution in [3.63, 3.8) is 0 Å². The highest BCUT2D eigenvalue weighted by atomic mass is 16.7. The fourth-order valence-corrected chi connectivity index (χ4v) is 2.37. The Balaban J connectivity index is 2.11. The molecule has 1 saturated carbocycles. The van der Waals surface area contributed by atoms with Gasteiger partial charge in [0, 0.05) is 13.0 Å². The summed E-state index contributed by atoms with van der Waals surface area (Å²) in [5.41, 5.74) is 2.55. The predicted molar refractivity (Wildman–Crippen MR) is 71.0 cm³/mol. The molecule has 1 amide bonds. The van der Waals surface area contributed by atoms with Gasteiger partial charge in [0.25, 0.3) is 0 Å². The maximum absolute atomic E-state index is 12.0. The second-order valence-corrected chi connectivity index (χ2v) is 4.66. The van der Waals surface area contributed by atoms with Gasteiger partial charge in [0.15, 0.2) is 0 Å². The van der Waals surface area contributed by atoms with E-state index < -0.39 is 0 Å². The molecule has 1 aromatic carbocycles. The minimum absolute atomic E-state index is 0.0657. The van der Waals surface area contributed by atoms with Crippen LogP contribution in [0.4, 0.5) is 0 Å². The van der Waals surface area contributed by atoms with Crippen molar-refractivity contribution in [2.24, 2.45) is 5.92 Å². The molecule has 0 spiro atoms. The highest BCUT2D eigenvalue weighted by Gasteiger charge is 2.46. The van der Waals surface area contributed by atoms with Crippen molar-refractivity contribution in [1.29, 1.82) is 0 Å². The first-order chi connectivity index (χ1) is 8.69. The number of hydrogen-bond donors (Lipinski definition) is 0. The summed E-state index contributed by atoms with van der Waals surface area (Å²) in [4.78, 5) is 16.9. The molecule has 0 unspecified atom stereocenters. The first-order valence-corrected chi connectivity index (χ1v) is 6.19. The summed E-state index contributed by atoms with van der Waals surface area (Å²) in [7, 11) is 3.17. The fourth-order valence-electron chi connectivity index (χ4n) is 2.37. The number of benzene rings is 1. The highest BCUT2D eigenvalue weighted by molar-refractivity contribution is 5.82. The summed E-state index contributed by atoms with van der Waals surface area (Å²) in [6.45, 7) is 3.78. The Kier molecular flexibility index (Phi) is 3.82. The van der Waals surface area contributed by atoms with E-state index in [4.69, 9.17) is 4.84 Å². The van der Waals surface area contributed by atoms with Crippen molar-refractivity contribution in [2.75, 3.05) is 14.2 Å². The third-order valence-electron chi connectivity index (χ3n) is 3.51. The number of rotatable bonds is 5. The van der Waals surface area contributed by atoms with E-state index in [9.17, 15) is 4.79 Å². The van der Waals surface area contributed by atoms with Crippen molar-refractivity contribution in [1.82, 2.24) is 5.06 Å². The Morgan fingerprint density at radius 3 is 2.94 bits per heavy atom. The SMILES string of the molecule is C=CCc1ccccc1[C@H]1C[C@@H]1C(=O)N(C)OC. The maximum Gasteiger partial charge on any atom is 0.249 e. The van der Waals surface area contributed by atoms with Gasteiger partial charge in [0.1, 0.15) is 0 Å². The molecule has 18 heavy (non-hydrogen) atoms. The summed E-state index contributed by atoms with van der Waals surface area (Å²) in [6.07, 6.45) is 3.67. The lowest BCUT2D eigenvalue weighted by Gasteiger charge is -2.14. The molecule has 0 radical (unpaired) electrons. The topological polar surface area (TPSA) is 29.5 Å². The highest BCUT2D eigenvalue weighted by Crippen LogP contribution is 2.49. The van der Waals surface area contributed by atoms with E-state index in [2.05, 4.69) is 18.7 Å². The van der Waals surface area contributed by atoms with E-state index in [1.807, 2.05) is 18.2 Å². The zero-order chi connectivity index (χ0) is 13.1. The summed E-state index contributed by atoms with van der Waals surface area (Å²) < 4.78 is 0. The summed E-state index contributed by atoms with van der Waals surface area (Å²) in [5.74, 6) is 0.475. The molecule has 1 aliphatic rings. The molecule has 2 atom stereocenters. The van der Waals surface area contributed by atoms with E-state index >= 15 is 0 Å². The number of amides is 1. The normalized spacial score (nSPS) is 21.4. The monoisotopic (exact) mass is 245 g/mol. The number of allylic oxidation sites excluding steroid dienone is 1. The van der Waals surface area contributed by atoms with E-state index in [0.717, 1.165) is 12.8 Å². The molecule has 3 heteroatoms. The van der Waals surface area contributed by atoms with Crippen LogP contribution in [0.25, 0.3) is 0 Å². The first kappa shape index (κ1) is 12.8. The Morgan fingerprint density at radius 1 is 1.56 bits per heavy atom. The zero-order valence-corrected chi connectivity index (χ0v) is 10.9. The Bertz CT molecular complexity index is 456. The van der Waals surface area contributed by atoms with Crippen LogP contribution in [0.5, 0.6) is 0 Å². The molecule has 0 N–H and O–H groups in total. The van der Waals surface area contributed by atoms with Crippen molar-refractivity contribution < 1.29 is 9.63 Å². The summed E-state index contributed by atoms with van der Waals surface area (Å²) in [5, 5.41) is 1.32. The molecule has 1 aromatic rings. The minimum Gasteiger partial charge on any atom is -0.275 e. The van der Waals surface area contributed by atoms with Gasteiger partial charge in [-0.25, -0.2) is 5.06 Å². The molecule has 0 heterocycles. The first-order valence-electron chi connectivity index (χ1n) is 6.19. The second-order valence-electron chi connectivity index (χ2n) is 4.66. The molecule has 2 rings (SSSR count). The molecule has 96 valence electrons. The largest absolute Gasteiger partial charge is 0.275 e. The fraction of sp³-hybridized carbons (Fsp3) is 0.400. The molecule has 0 aromatic heterocycles. The molecule has 1 fully saturated rings. The second kappa shape index (κ2) is 5.36. The maximum atomic E-state index is 12.0. The van der Waals surface area contributed by atoms with Gasteiger partial charge in [-0.05, 0) is 29.9 Å². The average Bonchev–Trinajstić information content (AvgIpc) is 3.18. The van der Waals surface area contributed by atoms with Gasteiger partial charge in [-0.2, -0.15) is 0 Å². The minimum atomic E-state index is 0.0657. The predicted octanol–water partition coefficient (Wildman–Crippen LogP) is 2.54. The molecular weight excluding hydrogens is 226 g/mol. The van der Waals surface area contributed by atoms with Crippen molar-refractivity contribution >= 4 is 5.91 Å². The lowest BCUT2D eigenvalue weighted by atomic mass is 9.99. The van der Waals surface area contributed by atoms with Gasteiger partial charge < -0.3 is 0 Å². The molecule has 3 nitrogen and oxygen atoms in total. The van der Waals surface area contributed by atoms with Crippen LogP contribution in [-0.2, 0) is 16.1 Å². The van der Waals surface area contributed by atoms with E-state index in [1.54, 1.807) is 7.05 Å². The van der Waals surface area contributed by atoms with E-state index in [-0.39, 0.29) is 11.8 Å². The van der Waals surface area contributed by atoms with Crippen LogP contribution < -0.4 is 0 Å². The van der Waals surface area contributed by atoms with E-state index in [1.165, 1.54) is 23.3 Å². The number of nitrogens with zero attached hydrogens (tertiary/aromatic N) is 1. The Hall–Kier alpha value is -1.61. The van der Waals surface area contributed by atoms with Crippen LogP contribution in [0.2, 0.25) is 0 Å². The van der Waals surface area contributed by atoms with Crippen LogP contribution >= 0.6 is 0 Å². The van der Waals surface area contributed by atoms with Crippen molar-refractivity contribution in [3.05, 3.63) is 48.0 Å². The van der Waals surface area contributed by atoms with Gasteiger partial charge in [0.2, 0.25) is 5.91 Å². The molecule has 0 aliphatic heterocycles. The van der Waals surface area contributed by atoms with E-state index in [0.29, 0.717) is 5.92 Å². The molecule has 0 bridgehead atoms. The van der Waals surface area contributed by atoms with Crippen LogP contribution in [-0.4, -0.2) is 25.1 Å². The zero-order valence-electron chi connectivity index (χ0n) is 10.9. The van der Waals surface area contributed by atoms with Gasteiger partial charge in [-0.15, -0.1) is 6.58 Å². The number of carbonyl (C=O) groups is 1. The Morgan fingerprint density at radius 2 is 2.28 bits per heavy atom. The third-order valence-corrected chi connectivity index (χ3v) is 3.51.